The van der Waals surface area contributed by atoms with Crippen molar-refractivity contribution in [1.82, 2.24) is 5.32 Å². The van der Waals surface area contributed by atoms with E-state index in [-0.39, 0.29) is 30.6 Å². The number of nitrogens with one attached hydrogen (secondary N) is 1. The lowest BCUT2D eigenvalue weighted by Crippen LogP contribution is -2.42. The number of hydrogen-bond acceptors (Lipinski definition) is 7. The molecule has 0 radical (unpaired) electrons. The van der Waals surface area contributed by atoms with Gasteiger partial charge in [-0.3, -0.25) is 14.4 Å². The molecular formula is C17H29NO6. The summed E-state index contributed by atoms with van der Waals surface area (Å²) in [5, 5.41) is 3.12. The van der Waals surface area contributed by atoms with Gasteiger partial charge in [0.1, 0.15) is 6.61 Å². The SMILES string of the molecule is CCCC(=O)OC[C@@H]1NC[C@H](OC(=O)CCC)[C@H]1OC(=O)CCC. The molecule has 24 heavy (non-hydrogen) atoms. The smallest absolute Gasteiger partial charge is 0.306 e. The second-order valence-corrected chi connectivity index (χ2v) is 5.93. The molecule has 0 aromatic carbocycles. The molecule has 1 rings (SSSR count). The molecule has 3 atom stereocenters. The van der Waals surface area contributed by atoms with Crippen molar-refractivity contribution in [1.29, 1.82) is 0 Å². The zero-order valence-electron chi connectivity index (χ0n) is 14.8. The molecule has 0 spiro atoms. The first kappa shape index (κ1) is 20.4. The van der Waals surface area contributed by atoms with Gasteiger partial charge < -0.3 is 19.5 Å². The van der Waals surface area contributed by atoms with E-state index < -0.39 is 12.2 Å². The van der Waals surface area contributed by atoms with E-state index in [1.54, 1.807) is 0 Å². The Balaban J connectivity index is 2.65. The molecule has 1 N–H and O–H groups in total. The molecule has 0 unspecified atom stereocenters. The molecule has 0 amide bonds. The first-order valence-corrected chi connectivity index (χ1v) is 8.79. The van der Waals surface area contributed by atoms with Crippen molar-refractivity contribution < 1.29 is 28.6 Å². The van der Waals surface area contributed by atoms with Gasteiger partial charge in [-0.2, -0.15) is 0 Å². The van der Waals surface area contributed by atoms with Crippen LogP contribution in [0.25, 0.3) is 0 Å². The molecule has 1 aliphatic rings. The van der Waals surface area contributed by atoms with Crippen LogP contribution in [0.15, 0.2) is 0 Å². The summed E-state index contributed by atoms with van der Waals surface area (Å²) >= 11 is 0. The van der Waals surface area contributed by atoms with Gasteiger partial charge in [-0.1, -0.05) is 20.8 Å². The maximum Gasteiger partial charge on any atom is 0.306 e. The van der Waals surface area contributed by atoms with Gasteiger partial charge in [0, 0.05) is 25.8 Å². The lowest BCUT2D eigenvalue weighted by atomic mass is 10.1. The van der Waals surface area contributed by atoms with E-state index >= 15 is 0 Å². The van der Waals surface area contributed by atoms with Crippen LogP contribution in [0.2, 0.25) is 0 Å². The normalized spacial score (nSPS) is 22.9. The summed E-state index contributed by atoms with van der Waals surface area (Å²) in [6.07, 6.45) is 1.85. The molecule has 0 saturated carbocycles. The third-order valence-electron chi connectivity index (χ3n) is 3.68. The molecule has 0 bridgehead atoms. The summed E-state index contributed by atoms with van der Waals surface area (Å²) in [5.74, 6) is -0.943. The molecule has 1 saturated heterocycles. The van der Waals surface area contributed by atoms with E-state index in [1.807, 2.05) is 20.8 Å². The van der Waals surface area contributed by atoms with Crippen molar-refractivity contribution in [3.05, 3.63) is 0 Å². The largest absolute Gasteiger partial charge is 0.464 e. The zero-order chi connectivity index (χ0) is 17.9. The molecule has 138 valence electrons. The van der Waals surface area contributed by atoms with Gasteiger partial charge in [-0.25, -0.2) is 0 Å². The lowest BCUT2D eigenvalue weighted by Gasteiger charge is -2.24. The molecule has 0 aromatic heterocycles. The highest BCUT2D eigenvalue weighted by atomic mass is 16.6. The number of ether oxygens (including phenoxy) is 3. The van der Waals surface area contributed by atoms with E-state index in [4.69, 9.17) is 14.2 Å². The fourth-order valence-electron chi connectivity index (χ4n) is 2.49. The quantitative estimate of drug-likeness (QED) is 0.477. The average Bonchev–Trinajstić information content (AvgIpc) is 2.88. The second-order valence-electron chi connectivity index (χ2n) is 5.93. The Kier molecular flexibility index (Phi) is 9.37. The average molecular weight is 343 g/mol. The van der Waals surface area contributed by atoms with Crippen LogP contribution in [0.5, 0.6) is 0 Å². The van der Waals surface area contributed by atoms with Crippen molar-refractivity contribution >= 4 is 17.9 Å². The maximum atomic E-state index is 11.8. The van der Waals surface area contributed by atoms with E-state index in [2.05, 4.69) is 5.32 Å². The van der Waals surface area contributed by atoms with E-state index in [9.17, 15) is 14.4 Å². The Labute approximate surface area is 143 Å². The summed E-state index contributed by atoms with van der Waals surface area (Å²) in [6.45, 7) is 6.13. The Morgan fingerprint density at radius 3 is 2.00 bits per heavy atom. The molecule has 0 aliphatic carbocycles. The molecule has 0 aromatic rings. The van der Waals surface area contributed by atoms with Crippen molar-refractivity contribution in [3.63, 3.8) is 0 Å². The fourth-order valence-corrected chi connectivity index (χ4v) is 2.49. The van der Waals surface area contributed by atoms with Crippen LogP contribution in [0.1, 0.15) is 59.3 Å². The fraction of sp³-hybridized carbons (Fsp3) is 0.824. The minimum atomic E-state index is -0.640. The summed E-state index contributed by atoms with van der Waals surface area (Å²) in [4.78, 5) is 35.1. The van der Waals surface area contributed by atoms with Crippen LogP contribution in [0, 0.1) is 0 Å². The van der Waals surface area contributed by atoms with Gasteiger partial charge in [0.05, 0.1) is 6.04 Å². The van der Waals surface area contributed by atoms with Crippen LogP contribution in [-0.2, 0) is 28.6 Å². The Morgan fingerprint density at radius 2 is 1.42 bits per heavy atom. The Hall–Kier alpha value is -1.63. The minimum Gasteiger partial charge on any atom is -0.464 e. The number of rotatable bonds is 10. The Bertz CT molecular complexity index is 425. The lowest BCUT2D eigenvalue weighted by molar-refractivity contribution is -0.167. The first-order chi connectivity index (χ1) is 11.5. The highest BCUT2D eigenvalue weighted by molar-refractivity contribution is 5.71. The zero-order valence-corrected chi connectivity index (χ0v) is 14.8. The van der Waals surface area contributed by atoms with Gasteiger partial charge in [0.15, 0.2) is 12.2 Å². The predicted octanol–water partition coefficient (Wildman–Crippen LogP) is 1.73. The summed E-state index contributed by atoms with van der Waals surface area (Å²) in [6, 6.07) is -0.369. The number of carbonyl (C=O) groups excluding carboxylic acids is 3. The number of carbonyl (C=O) groups is 3. The van der Waals surface area contributed by atoms with Crippen molar-refractivity contribution in [2.24, 2.45) is 0 Å². The third-order valence-corrected chi connectivity index (χ3v) is 3.68. The van der Waals surface area contributed by atoms with Crippen molar-refractivity contribution in [2.75, 3.05) is 13.2 Å². The first-order valence-electron chi connectivity index (χ1n) is 8.79. The standard InChI is InChI=1S/C17H29NO6/c1-4-7-14(19)22-11-12-17(24-16(21)9-6-3)13(10-18-12)23-15(20)8-5-2/h12-13,17-18H,4-11H2,1-3H3/t12-,13-,17-/m0/s1. The molecule has 1 fully saturated rings. The highest BCUT2D eigenvalue weighted by Gasteiger charge is 2.41. The molecule has 7 heteroatoms. The number of esters is 3. The van der Waals surface area contributed by atoms with E-state index in [0.717, 1.165) is 0 Å². The predicted molar refractivity (Wildman–Crippen MR) is 87.2 cm³/mol. The van der Waals surface area contributed by atoms with Crippen LogP contribution in [-0.4, -0.2) is 49.3 Å². The second kappa shape index (κ2) is 11.0. The molecule has 7 nitrogen and oxygen atoms in total. The minimum absolute atomic E-state index is 0.0880. The Morgan fingerprint density at radius 1 is 0.875 bits per heavy atom. The summed E-state index contributed by atoms with van der Waals surface area (Å²) in [7, 11) is 0. The maximum absolute atomic E-state index is 11.8. The van der Waals surface area contributed by atoms with Gasteiger partial charge in [-0.15, -0.1) is 0 Å². The third kappa shape index (κ3) is 6.86. The van der Waals surface area contributed by atoms with Gasteiger partial charge in [-0.05, 0) is 19.3 Å². The number of hydrogen-bond donors (Lipinski definition) is 1. The van der Waals surface area contributed by atoms with Crippen molar-refractivity contribution in [3.8, 4) is 0 Å². The van der Waals surface area contributed by atoms with Crippen LogP contribution in [0.3, 0.4) is 0 Å². The van der Waals surface area contributed by atoms with Crippen LogP contribution >= 0.6 is 0 Å². The highest BCUT2D eigenvalue weighted by Crippen LogP contribution is 2.18. The van der Waals surface area contributed by atoms with Crippen molar-refractivity contribution in [2.45, 2.75) is 77.5 Å². The molecular weight excluding hydrogens is 314 g/mol. The summed E-state index contributed by atoms with van der Waals surface area (Å²) in [5.41, 5.74) is 0. The molecule has 1 aliphatic heterocycles. The molecule has 1 heterocycles. The van der Waals surface area contributed by atoms with Gasteiger partial charge in [0.2, 0.25) is 0 Å². The van der Waals surface area contributed by atoms with Gasteiger partial charge in [0.25, 0.3) is 0 Å². The summed E-state index contributed by atoms with van der Waals surface area (Å²) < 4.78 is 16.1. The van der Waals surface area contributed by atoms with Crippen LogP contribution in [0.4, 0.5) is 0 Å². The van der Waals surface area contributed by atoms with Gasteiger partial charge >= 0.3 is 17.9 Å². The van der Waals surface area contributed by atoms with E-state index in [0.29, 0.717) is 45.1 Å². The topological polar surface area (TPSA) is 90.9 Å². The van der Waals surface area contributed by atoms with Crippen LogP contribution < -0.4 is 5.32 Å². The monoisotopic (exact) mass is 343 g/mol. The van der Waals surface area contributed by atoms with E-state index in [1.165, 1.54) is 0 Å².